The lowest BCUT2D eigenvalue weighted by molar-refractivity contribution is -0.115. The van der Waals surface area contributed by atoms with E-state index in [9.17, 15) is 9.59 Å². The average Bonchev–Trinajstić information content (AvgIpc) is 2.87. The molecule has 0 spiro atoms. The van der Waals surface area contributed by atoms with E-state index in [-0.39, 0.29) is 24.4 Å². The van der Waals surface area contributed by atoms with Crippen LogP contribution in [0.3, 0.4) is 0 Å². The number of ether oxygens (including phenoxy) is 1. The summed E-state index contributed by atoms with van der Waals surface area (Å²) in [6.07, 6.45) is 0. The number of anilines is 2. The van der Waals surface area contributed by atoms with Crippen LogP contribution in [0.1, 0.15) is 28.9 Å². The average molecular weight is 454 g/mol. The van der Waals surface area contributed by atoms with Crippen LogP contribution in [0.2, 0.25) is 0 Å². The van der Waals surface area contributed by atoms with E-state index in [1.165, 1.54) is 10.8 Å². The number of methoxy groups -OCH3 is 1. The highest BCUT2D eigenvalue weighted by molar-refractivity contribution is 6.04. The van der Waals surface area contributed by atoms with Gasteiger partial charge in [-0.05, 0) is 77.9 Å². The molecule has 0 heterocycles. The Labute approximate surface area is 199 Å². The zero-order valence-electron chi connectivity index (χ0n) is 19.2. The molecule has 172 valence electrons. The molecule has 0 bridgehead atoms. The van der Waals surface area contributed by atoms with Gasteiger partial charge in [0.05, 0.1) is 13.7 Å². The van der Waals surface area contributed by atoms with Crippen molar-refractivity contribution in [3.8, 4) is 5.75 Å². The molecule has 0 unspecified atom stereocenters. The molecule has 4 aromatic carbocycles. The molecule has 0 aromatic heterocycles. The molecule has 0 radical (unpaired) electrons. The Balaban J connectivity index is 1.28. The summed E-state index contributed by atoms with van der Waals surface area (Å²) in [6, 6.07) is 28.4. The minimum atomic E-state index is -0.228. The van der Waals surface area contributed by atoms with Crippen molar-refractivity contribution in [1.82, 2.24) is 5.32 Å². The maximum absolute atomic E-state index is 12.5. The maximum Gasteiger partial charge on any atom is 0.255 e. The third kappa shape index (κ3) is 5.79. The van der Waals surface area contributed by atoms with Crippen molar-refractivity contribution in [3.05, 3.63) is 102 Å². The molecule has 0 aliphatic carbocycles. The molecule has 0 saturated heterocycles. The van der Waals surface area contributed by atoms with Gasteiger partial charge in [0, 0.05) is 23.0 Å². The van der Waals surface area contributed by atoms with Crippen LogP contribution in [0.15, 0.2) is 91.0 Å². The molecule has 6 heteroatoms. The normalized spacial score (nSPS) is 11.6. The smallest absolute Gasteiger partial charge is 0.255 e. The van der Waals surface area contributed by atoms with E-state index in [4.69, 9.17) is 4.74 Å². The number of fused-ring (bicyclic) bond motifs is 1. The van der Waals surface area contributed by atoms with Crippen molar-refractivity contribution in [2.24, 2.45) is 0 Å². The van der Waals surface area contributed by atoms with Crippen LogP contribution in [0.4, 0.5) is 11.4 Å². The number of carbonyl (C=O) groups is 2. The summed E-state index contributed by atoms with van der Waals surface area (Å²) < 4.78 is 5.12. The molecule has 2 amide bonds. The van der Waals surface area contributed by atoms with E-state index in [0.29, 0.717) is 16.9 Å². The Morgan fingerprint density at radius 1 is 0.794 bits per heavy atom. The Bertz CT molecular complexity index is 1280. The second-order valence-electron chi connectivity index (χ2n) is 8.02. The molecule has 0 aliphatic heterocycles. The predicted octanol–water partition coefficient (Wildman–Crippen LogP) is 5.39. The number of nitrogens with one attached hydrogen (secondary N) is 3. The third-order valence-electron chi connectivity index (χ3n) is 5.62. The van der Waals surface area contributed by atoms with Crippen LogP contribution in [0.5, 0.6) is 5.75 Å². The van der Waals surface area contributed by atoms with Crippen molar-refractivity contribution in [2.75, 3.05) is 24.3 Å². The van der Waals surface area contributed by atoms with Gasteiger partial charge in [0.25, 0.3) is 5.91 Å². The SMILES string of the molecule is COc1ccc(NC(=O)c2ccc(NC(=O)CN[C@H](C)c3ccc4ccccc4c3)cc2)cc1. The fraction of sp³-hybridized carbons (Fsp3) is 0.143. The van der Waals surface area contributed by atoms with Crippen LogP contribution < -0.4 is 20.7 Å². The summed E-state index contributed by atoms with van der Waals surface area (Å²) in [5.41, 5.74) is 2.93. The molecule has 0 fully saturated rings. The lowest BCUT2D eigenvalue weighted by atomic mass is 10.0. The first kappa shape index (κ1) is 23.0. The van der Waals surface area contributed by atoms with E-state index >= 15 is 0 Å². The van der Waals surface area contributed by atoms with E-state index < -0.39 is 0 Å². The van der Waals surface area contributed by atoms with Gasteiger partial charge in [0.1, 0.15) is 5.75 Å². The molecule has 1 atom stereocenters. The first-order chi connectivity index (χ1) is 16.5. The zero-order chi connectivity index (χ0) is 23.9. The van der Waals surface area contributed by atoms with Crippen molar-refractivity contribution in [3.63, 3.8) is 0 Å². The Hall–Kier alpha value is -4.16. The summed E-state index contributed by atoms with van der Waals surface area (Å²) in [4.78, 5) is 24.9. The zero-order valence-corrected chi connectivity index (χ0v) is 19.2. The first-order valence-corrected chi connectivity index (χ1v) is 11.1. The van der Waals surface area contributed by atoms with Crippen LogP contribution in [-0.4, -0.2) is 25.5 Å². The van der Waals surface area contributed by atoms with Crippen molar-refractivity contribution in [1.29, 1.82) is 0 Å². The van der Waals surface area contributed by atoms with Gasteiger partial charge in [0.15, 0.2) is 0 Å². The van der Waals surface area contributed by atoms with Gasteiger partial charge in [-0.3, -0.25) is 9.59 Å². The second-order valence-corrected chi connectivity index (χ2v) is 8.02. The summed E-state index contributed by atoms with van der Waals surface area (Å²) >= 11 is 0. The van der Waals surface area contributed by atoms with Gasteiger partial charge >= 0.3 is 0 Å². The fourth-order valence-electron chi connectivity index (χ4n) is 3.63. The predicted molar refractivity (Wildman–Crippen MR) is 136 cm³/mol. The molecule has 4 aromatic rings. The van der Waals surface area contributed by atoms with Gasteiger partial charge in [-0.25, -0.2) is 0 Å². The summed E-state index contributed by atoms with van der Waals surface area (Å²) in [5.74, 6) is 0.344. The molecular formula is C28H27N3O3. The second kappa shape index (κ2) is 10.6. The Kier molecular flexibility index (Phi) is 7.20. The van der Waals surface area contributed by atoms with E-state index in [0.717, 1.165) is 11.3 Å². The maximum atomic E-state index is 12.5. The number of rotatable bonds is 8. The van der Waals surface area contributed by atoms with Crippen LogP contribution in [-0.2, 0) is 4.79 Å². The van der Waals surface area contributed by atoms with Crippen molar-refractivity contribution in [2.45, 2.75) is 13.0 Å². The number of amides is 2. The van der Waals surface area contributed by atoms with Crippen LogP contribution >= 0.6 is 0 Å². The molecule has 3 N–H and O–H groups in total. The van der Waals surface area contributed by atoms with Gasteiger partial charge in [-0.15, -0.1) is 0 Å². The molecular weight excluding hydrogens is 426 g/mol. The van der Waals surface area contributed by atoms with E-state index in [2.05, 4.69) is 46.3 Å². The van der Waals surface area contributed by atoms with Crippen molar-refractivity contribution < 1.29 is 14.3 Å². The Morgan fingerprint density at radius 2 is 1.44 bits per heavy atom. The highest BCUT2D eigenvalue weighted by atomic mass is 16.5. The number of hydrogen-bond donors (Lipinski definition) is 3. The minimum absolute atomic E-state index is 0.0272. The lowest BCUT2D eigenvalue weighted by Gasteiger charge is -2.15. The monoisotopic (exact) mass is 453 g/mol. The minimum Gasteiger partial charge on any atom is -0.497 e. The lowest BCUT2D eigenvalue weighted by Crippen LogP contribution is -2.30. The topological polar surface area (TPSA) is 79.5 Å². The largest absolute Gasteiger partial charge is 0.497 e. The summed E-state index contributed by atoms with van der Waals surface area (Å²) in [7, 11) is 1.59. The fourth-order valence-corrected chi connectivity index (χ4v) is 3.63. The molecule has 0 aliphatic rings. The highest BCUT2D eigenvalue weighted by Gasteiger charge is 2.10. The number of benzene rings is 4. The quantitative estimate of drug-likeness (QED) is 0.334. The summed E-state index contributed by atoms with van der Waals surface area (Å²) in [6.45, 7) is 2.21. The van der Waals surface area contributed by atoms with Crippen LogP contribution in [0.25, 0.3) is 10.8 Å². The standard InChI is InChI=1S/C28H27N3O3/c1-19(22-8-7-20-5-3-4-6-23(20)17-22)29-18-27(32)30-24-11-9-21(10-12-24)28(33)31-25-13-15-26(34-2)16-14-25/h3-17,19,29H,18H2,1-2H3,(H,30,32)(H,31,33)/t19-/m1/s1. The van der Waals surface area contributed by atoms with Gasteiger partial charge in [-0.1, -0.05) is 36.4 Å². The first-order valence-electron chi connectivity index (χ1n) is 11.1. The third-order valence-corrected chi connectivity index (χ3v) is 5.62. The van der Waals surface area contributed by atoms with Gasteiger partial charge < -0.3 is 20.7 Å². The van der Waals surface area contributed by atoms with E-state index in [1.54, 1.807) is 55.6 Å². The Morgan fingerprint density at radius 3 is 2.15 bits per heavy atom. The number of hydrogen-bond acceptors (Lipinski definition) is 4. The van der Waals surface area contributed by atoms with Crippen molar-refractivity contribution >= 4 is 34.0 Å². The molecule has 4 rings (SSSR count). The van der Waals surface area contributed by atoms with Gasteiger partial charge in [-0.2, -0.15) is 0 Å². The summed E-state index contributed by atoms with van der Waals surface area (Å²) in [5, 5.41) is 11.3. The molecule has 34 heavy (non-hydrogen) atoms. The van der Waals surface area contributed by atoms with Crippen LogP contribution in [0, 0.1) is 0 Å². The number of carbonyl (C=O) groups excluding carboxylic acids is 2. The van der Waals surface area contributed by atoms with E-state index in [1.807, 2.05) is 19.1 Å². The van der Waals surface area contributed by atoms with Gasteiger partial charge in [0.2, 0.25) is 5.91 Å². The molecule has 0 saturated carbocycles. The molecule has 6 nitrogen and oxygen atoms in total. The highest BCUT2D eigenvalue weighted by Crippen LogP contribution is 2.20.